The minimum Gasteiger partial charge on any atom is -0.390 e. The summed E-state index contributed by atoms with van der Waals surface area (Å²) in [4.78, 5) is 25.4. The summed E-state index contributed by atoms with van der Waals surface area (Å²) in [6, 6.07) is 5.74. The van der Waals surface area contributed by atoms with E-state index in [9.17, 15) is 14.7 Å². The first-order chi connectivity index (χ1) is 10.5. The van der Waals surface area contributed by atoms with Crippen molar-refractivity contribution in [2.45, 2.75) is 25.4 Å². The molecule has 0 bridgehead atoms. The Labute approximate surface area is 130 Å². The number of fused-ring (bicyclic) bond motifs is 1. The summed E-state index contributed by atoms with van der Waals surface area (Å²) in [5.74, 6) is -1.45. The third-order valence-electron chi connectivity index (χ3n) is 3.64. The van der Waals surface area contributed by atoms with Crippen molar-refractivity contribution in [1.29, 1.82) is 0 Å². The molecule has 1 unspecified atom stereocenters. The molecule has 1 aliphatic carbocycles. The van der Waals surface area contributed by atoms with Gasteiger partial charge in [0, 0.05) is 18.8 Å². The zero-order chi connectivity index (χ0) is 16.1. The Morgan fingerprint density at radius 1 is 1.23 bits per heavy atom. The van der Waals surface area contributed by atoms with Crippen molar-refractivity contribution in [2.75, 3.05) is 32.5 Å². The third-order valence-corrected chi connectivity index (χ3v) is 3.64. The number of hydrogen-bond acceptors (Lipinski definition) is 4. The SMILES string of the molecule is CN(C)CC(O)CNC(=O)C(=O)Nc1ccc2c(c1)CCC2. The van der Waals surface area contributed by atoms with Crippen LogP contribution in [0.15, 0.2) is 18.2 Å². The van der Waals surface area contributed by atoms with E-state index in [0.717, 1.165) is 19.3 Å². The number of hydrogen-bond donors (Lipinski definition) is 3. The maximum absolute atomic E-state index is 11.8. The van der Waals surface area contributed by atoms with Crippen molar-refractivity contribution in [3.05, 3.63) is 29.3 Å². The van der Waals surface area contributed by atoms with Crippen LogP contribution in [0.2, 0.25) is 0 Å². The predicted octanol–water partition coefficient (Wildman–Crippen LogP) is 0.153. The first-order valence-corrected chi connectivity index (χ1v) is 7.49. The van der Waals surface area contributed by atoms with Gasteiger partial charge in [-0.05, 0) is 56.6 Å². The van der Waals surface area contributed by atoms with Crippen LogP contribution >= 0.6 is 0 Å². The molecule has 2 rings (SSSR count). The van der Waals surface area contributed by atoms with Crippen LogP contribution < -0.4 is 10.6 Å². The molecule has 6 heteroatoms. The Balaban J connectivity index is 1.82. The Morgan fingerprint density at radius 3 is 2.68 bits per heavy atom. The van der Waals surface area contributed by atoms with Crippen molar-refractivity contribution in [3.8, 4) is 0 Å². The standard InChI is InChI=1S/C16H23N3O3/c1-19(2)10-14(20)9-17-15(21)16(22)18-13-7-6-11-4-3-5-12(11)8-13/h6-8,14,20H,3-5,9-10H2,1-2H3,(H,17,21)(H,18,22). The smallest absolute Gasteiger partial charge is 0.313 e. The molecule has 22 heavy (non-hydrogen) atoms. The van der Waals surface area contributed by atoms with Gasteiger partial charge >= 0.3 is 11.8 Å². The van der Waals surface area contributed by atoms with Gasteiger partial charge in [-0.1, -0.05) is 6.07 Å². The van der Waals surface area contributed by atoms with Gasteiger partial charge in [-0.2, -0.15) is 0 Å². The molecule has 3 N–H and O–H groups in total. The number of likely N-dealkylation sites (N-methyl/N-ethyl adjacent to an activating group) is 1. The molecule has 1 atom stereocenters. The second-order valence-electron chi connectivity index (χ2n) is 5.92. The molecular weight excluding hydrogens is 282 g/mol. The van der Waals surface area contributed by atoms with Crippen LogP contribution in [-0.2, 0) is 22.4 Å². The molecule has 120 valence electrons. The molecule has 0 radical (unpaired) electrons. The second-order valence-corrected chi connectivity index (χ2v) is 5.92. The second kappa shape index (κ2) is 7.38. The van der Waals surface area contributed by atoms with E-state index in [1.54, 1.807) is 4.90 Å². The largest absolute Gasteiger partial charge is 0.390 e. The molecule has 0 saturated heterocycles. The fourth-order valence-corrected chi connectivity index (χ4v) is 2.61. The van der Waals surface area contributed by atoms with Gasteiger partial charge in [-0.3, -0.25) is 9.59 Å². The van der Waals surface area contributed by atoms with Gasteiger partial charge in [0.2, 0.25) is 0 Å². The minimum atomic E-state index is -0.738. The lowest BCUT2D eigenvalue weighted by molar-refractivity contribution is -0.136. The van der Waals surface area contributed by atoms with Crippen LogP contribution in [0.25, 0.3) is 0 Å². The Morgan fingerprint density at radius 2 is 1.95 bits per heavy atom. The van der Waals surface area contributed by atoms with Gasteiger partial charge in [0.15, 0.2) is 0 Å². The number of benzene rings is 1. The average molecular weight is 305 g/mol. The topological polar surface area (TPSA) is 81.7 Å². The van der Waals surface area contributed by atoms with E-state index >= 15 is 0 Å². The zero-order valence-electron chi connectivity index (χ0n) is 13.1. The van der Waals surface area contributed by atoms with Crippen LogP contribution in [0.5, 0.6) is 0 Å². The molecule has 0 saturated carbocycles. The summed E-state index contributed by atoms with van der Waals surface area (Å²) < 4.78 is 0. The van der Waals surface area contributed by atoms with Crippen LogP contribution in [0.1, 0.15) is 17.5 Å². The number of aliphatic hydroxyl groups excluding tert-OH is 1. The Hall–Kier alpha value is -1.92. The van der Waals surface area contributed by atoms with Crippen LogP contribution in [0.3, 0.4) is 0 Å². The van der Waals surface area contributed by atoms with Crippen molar-refractivity contribution >= 4 is 17.5 Å². The van der Waals surface area contributed by atoms with Crippen molar-refractivity contribution in [2.24, 2.45) is 0 Å². The maximum Gasteiger partial charge on any atom is 0.313 e. The highest BCUT2D eigenvalue weighted by Crippen LogP contribution is 2.24. The lowest BCUT2D eigenvalue weighted by Gasteiger charge is -2.16. The maximum atomic E-state index is 11.8. The molecule has 0 spiro atoms. The summed E-state index contributed by atoms with van der Waals surface area (Å²) >= 11 is 0. The number of aryl methyl sites for hydroxylation is 2. The van der Waals surface area contributed by atoms with Gasteiger partial charge in [0.05, 0.1) is 6.10 Å². The Bertz CT molecular complexity index is 558. The fourth-order valence-electron chi connectivity index (χ4n) is 2.61. The Kier molecular flexibility index (Phi) is 5.51. The summed E-state index contributed by atoms with van der Waals surface area (Å²) in [6.07, 6.45) is 2.53. The molecule has 0 aromatic heterocycles. The van der Waals surface area contributed by atoms with E-state index in [0.29, 0.717) is 12.2 Å². The van der Waals surface area contributed by atoms with Gasteiger partial charge in [0.25, 0.3) is 0 Å². The molecule has 1 aromatic carbocycles. The van der Waals surface area contributed by atoms with Gasteiger partial charge in [-0.25, -0.2) is 0 Å². The van der Waals surface area contributed by atoms with E-state index in [-0.39, 0.29) is 6.54 Å². The fraction of sp³-hybridized carbons (Fsp3) is 0.500. The number of carbonyl (C=O) groups excluding carboxylic acids is 2. The van der Waals surface area contributed by atoms with Crippen LogP contribution in [0, 0.1) is 0 Å². The molecule has 6 nitrogen and oxygen atoms in total. The molecule has 0 aliphatic heterocycles. The molecule has 0 fully saturated rings. The van der Waals surface area contributed by atoms with Crippen molar-refractivity contribution in [3.63, 3.8) is 0 Å². The average Bonchev–Trinajstić information content (AvgIpc) is 2.91. The lowest BCUT2D eigenvalue weighted by Crippen LogP contribution is -2.42. The number of anilines is 1. The predicted molar refractivity (Wildman–Crippen MR) is 84.7 cm³/mol. The highest BCUT2D eigenvalue weighted by molar-refractivity contribution is 6.39. The summed E-state index contributed by atoms with van der Waals surface area (Å²) in [6.45, 7) is 0.474. The molecule has 0 heterocycles. The number of nitrogens with zero attached hydrogens (tertiary/aromatic N) is 1. The monoisotopic (exact) mass is 305 g/mol. The quantitative estimate of drug-likeness (QED) is 0.677. The van der Waals surface area contributed by atoms with Gasteiger partial charge in [0.1, 0.15) is 0 Å². The highest BCUT2D eigenvalue weighted by Gasteiger charge is 2.17. The number of amides is 2. The zero-order valence-corrected chi connectivity index (χ0v) is 13.1. The van der Waals surface area contributed by atoms with Crippen molar-refractivity contribution < 1.29 is 14.7 Å². The number of rotatable bonds is 5. The van der Waals surface area contributed by atoms with Gasteiger partial charge < -0.3 is 20.6 Å². The molecule has 1 aliphatic rings. The van der Waals surface area contributed by atoms with Crippen LogP contribution in [-0.4, -0.2) is 55.1 Å². The summed E-state index contributed by atoms with van der Waals surface area (Å²) in [5.41, 5.74) is 3.18. The summed E-state index contributed by atoms with van der Waals surface area (Å²) in [5, 5.41) is 14.7. The van der Waals surface area contributed by atoms with Crippen LogP contribution in [0.4, 0.5) is 5.69 Å². The first kappa shape index (κ1) is 16.5. The molecule has 1 aromatic rings. The highest BCUT2D eigenvalue weighted by atomic mass is 16.3. The normalized spacial score (nSPS) is 14.5. The van der Waals surface area contributed by atoms with Crippen molar-refractivity contribution in [1.82, 2.24) is 10.2 Å². The van der Waals surface area contributed by atoms with E-state index in [1.807, 2.05) is 32.3 Å². The first-order valence-electron chi connectivity index (χ1n) is 7.49. The summed E-state index contributed by atoms with van der Waals surface area (Å²) in [7, 11) is 3.65. The van der Waals surface area contributed by atoms with E-state index in [1.165, 1.54) is 11.1 Å². The lowest BCUT2D eigenvalue weighted by atomic mass is 10.1. The third kappa shape index (κ3) is 4.54. The van der Waals surface area contributed by atoms with E-state index in [2.05, 4.69) is 10.6 Å². The van der Waals surface area contributed by atoms with E-state index in [4.69, 9.17) is 0 Å². The van der Waals surface area contributed by atoms with E-state index < -0.39 is 17.9 Å². The minimum absolute atomic E-state index is 0.0502. The molecule has 2 amide bonds. The number of nitrogens with one attached hydrogen (secondary N) is 2. The molecular formula is C16H23N3O3. The van der Waals surface area contributed by atoms with Gasteiger partial charge in [-0.15, -0.1) is 0 Å². The number of carbonyl (C=O) groups is 2. The number of aliphatic hydroxyl groups is 1.